The van der Waals surface area contributed by atoms with Crippen LogP contribution in [0.4, 0.5) is 27.9 Å². The predicted molar refractivity (Wildman–Crippen MR) is 113 cm³/mol. The van der Waals surface area contributed by atoms with Crippen molar-refractivity contribution in [1.29, 1.82) is 0 Å². The smallest absolute Gasteiger partial charge is 0.323 e. The Balaban J connectivity index is 1.68. The fraction of sp³-hybridized carbons (Fsp3) is 0.450. The predicted octanol–water partition coefficient (Wildman–Crippen LogP) is 3.58. The molecule has 1 aliphatic heterocycles. The normalized spacial score (nSPS) is 13.8. The van der Waals surface area contributed by atoms with Gasteiger partial charge in [-0.2, -0.15) is 4.98 Å². The minimum Gasteiger partial charge on any atom is -0.494 e. The molecular weight excluding hydrogens is 356 g/mol. The van der Waals surface area contributed by atoms with Gasteiger partial charge in [-0.05, 0) is 50.5 Å². The minimum absolute atomic E-state index is 0.346. The van der Waals surface area contributed by atoms with Crippen molar-refractivity contribution in [3.8, 4) is 5.75 Å². The number of hydrogen-bond donors (Lipinski definition) is 2. The Bertz CT molecular complexity index is 788. The third-order valence-corrected chi connectivity index (χ3v) is 4.49. The van der Waals surface area contributed by atoms with Gasteiger partial charge in [0.05, 0.1) is 12.8 Å². The van der Waals surface area contributed by atoms with Crippen molar-refractivity contribution in [2.75, 3.05) is 54.2 Å². The van der Waals surface area contributed by atoms with Crippen LogP contribution in [0.1, 0.15) is 26.2 Å². The topological polar surface area (TPSA) is 82.6 Å². The van der Waals surface area contributed by atoms with Gasteiger partial charge in [0.1, 0.15) is 11.4 Å². The van der Waals surface area contributed by atoms with E-state index in [0.29, 0.717) is 29.7 Å². The number of hydrogen-bond acceptors (Lipinski definition) is 6. The molecular formula is C20H28N6O2. The number of amides is 2. The van der Waals surface area contributed by atoms with Gasteiger partial charge in [-0.15, -0.1) is 0 Å². The molecule has 0 saturated carbocycles. The number of aromatic nitrogens is 2. The molecule has 150 valence electrons. The molecule has 2 aromatic rings. The molecule has 0 aliphatic carbocycles. The van der Waals surface area contributed by atoms with Crippen molar-refractivity contribution in [1.82, 2.24) is 9.97 Å². The molecule has 0 radical (unpaired) electrons. The standard InChI is InChI=1S/C20H28N6O2/c1-4-28-16-10-8-15(9-11-16)22-20(27)23-17-14-21-19(24-18(17)25(2)3)26-12-6-5-7-13-26/h8-11,14H,4-7,12-13H2,1-3H3,(H2,22,23,27). The lowest BCUT2D eigenvalue weighted by Crippen LogP contribution is -2.31. The molecule has 1 saturated heterocycles. The number of carbonyl (C=O) groups excluding carboxylic acids is 1. The van der Waals surface area contributed by atoms with E-state index in [1.807, 2.05) is 38.1 Å². The maximum absolute atomic E-state index is 12.4. The third-order valence-electron chi connectivity index (χ3n) is 4.49. The van der Waals surface area contributed by atoms with Gasteiger partial charge < -0.3 is 25.2 Å². The average molecular weight is 384 g/mol. The molecule has 8 nitrogen and oxygen atoms in total. The van der Waals surface area contributed by atoms with E-state index in [1.165, 1.54) is 6.42 Å². The zero-order valence-corrected chi connectivity index (χ0v) is 16.7. The van der Waals surface area contributed by atoms with Crippen molar-refractivity contribution >= 4 is 29.2 Å². The summed E-state index contributed by atoms with van der Waals surface area (Å²) in [6.45, 7) is 4.48. The number of ether oxygens (including phenoxy) is 1. The average Bonchev–Trinajstić information content (AvgIpc) is 2.70. The lowest BCUT2D eigenvalue weighted by molar-refractivity contribution is 0.262. The molecule has 2 N–H and O–H groups in total. The summed E-state index contributed by atoms with van der Waals surface area (Å²) in [6, 6.07) is 6.89. The molecule has 3 rings (SSSR count). The summed E-state index contributed by atoms with van der Waals surface area (Å²) < 4.78 is 5.41. The third kappa shape index (κ3) is 5.03. The van der Waals surface area contributed by atoms with E-state index in [2.05, 4.69) is 25.5 Å². The molecule has 8 heteroatoms. The van der Waals surface area contributed by atoms with Crippen molar-refractivity contribution in [3.63, 3.8) is 0 Å². The van der Waals surface area contributed by atoms with Gasteiger partial charge in [-0.25, -0.2) is 9.78 Å². The molecule has 2 heterocycles. The van der Waals surface area contributed by atoms with Gasteiger partial charge in [0.2, 0.25) is 5.95 Å². The maximum atomic E-state index is 12.4. The zero-order valence-electron chi connectivity index (χ0n) is 16.7. The fourth-order valence-electron chi connectivity index (χ4n) is 3.12. The number of carbonyl (C=O) groups is 1. The van der Waals surface area contributed by atoms with E-state index in [4.69, 9.17) is 4.74 Å². The Kier molecular flexibility index (Phi) is 6.52. The van der Waals surface area contributed by atoms with Crippen LogP contribution >= 0.6 is 0 Å². The van der Waals surface area contributed by atoms with E-state index >= 15 is 0 Å². The van der Waals surface area contributed by atoms with Crippen molar-refractivity contribution in [2.45, 2.75) is 26.2 Å². The lowest BCUT2D eigenvalue weighted by Gasteiger charge is -2.28. The zero-order chi connectivity index (χ0) is 19.9. The van der Waals surface area contributed by atoms with Gasteiger partial charge in [0.25, 0.3) is 0 Å². The van der Waals surface area contributed by atoms with Crippen LogP contribution in [-0.4, -0.2) is 49.8 Å². The summed E-state index contributed by atoms with van der Waals surface area (Å²) in [7, 11) is 3.80. The first-order chi connectivity index (χ1) is 13.6. The first-order valence-corrected chi connectivity index (χ1v) is 9.67. The van der Waals surface area contributed by atoms with Crippen molar-refractivity contribution < 1.29 is 9.53 Å². The Morgan fingerprint density at radius 3 is 2.50 bits per heavy atom. The van der Waals surface area contributed by atoms with E-state index < -0.39 is 0 Å². The summed E-state index contributed by atoms with van der Waals surface area (Å²) in [5, 5.41) is 5.66. The number of piperidine rings is 1. The number of urea groups is 1. The van der Waals surface area contributed by atoms with Crippen LogP contribution in [0.25, 0.3) is 0 Å². The number of nitrogens with one attached hydrogen (secondary N) is 2. The molecule has 2 amide bonds. The fourth-order valence-corrected chi connectivity index (χ4v) is 3.12. The second-order valence-electron chi connectivity index (χ2n) is 6.89. The van der Waals surface area contributed by atoms with E-state index in [9.17, 15) is 4.79 Å². The summed E-state index contributed by atoms with van der Waals surface area (Å²) in [5.74, 6) is 2.16. The highest BCUT2D eigenvalue weighted by Gasteiger charge is 2.17. The quantitative estimate of drug-likeness (QED) is 0.792. The van der Waals surface area contributed by atoms with Gasteiger partial charge in [0, 0.05) is 32.9 Å². The minimum atomic E-state index is -0.346. The Morgan fingerprint density at radius 2 is 1.86 bits per heavy atom. The summed E-state index contributed by atoms with van der Waals surface area (Å²) >= 11 is 0. The number of benzene rings is 1. The van der Waals surface area contributed by atoms with Gasteiger partial charge >= 0.3 is 6.03 Å². The van der Waals surface area contributed by atoms with Gasteiger partial charge in [-0.1, -0.05) is 0 Å². The number of anilines is 4. The molecule has 1 fully saturated rings. The van der Waals surface area contributed by atoms with Crippen LogP contribution in [0.15, 0.2) is 30.5 Å². The largest absolute Gasteiger partial charge is 0.494 e. The molecule has 0 spiro atoms. The van der Waals surface area contributed by atoms with E-state index in [0.717, 1.165) is 31.7 Å². The second kappa shape index (κ2) is 9.25. The summed E-state index contributed by atoms with van der Waals surface area (Å²) in [4.78, 5) is 25.6. The van der Waals surface area contributed by atoms with Crippen molar-refractivity contribution in [3.05, 3.63) is 30.5 Å². The monoisotopic (exact) mass is 384 g/mol. The van der Waals surface area contributed by atoms with Crippen LogP contribution in [0, 0.1) is 0 Å². The van der Waals surface area contributed by atoms with Crippen LogP contribution in [-0.2, 0) is 0 Å². The number of rotatable bonds is 6. The summed E-state index contributed by atoms with van der Waals surface area (Å²) in [5.41, 5.74) is 1.24. The van der Waals surface area contributed by atoms with E-state index in [1.54, 1.807) is 18.3 Å². The second-order valence-corrected chi connectivity index (χ2v) is 6.89. The molecule has 1 aromatic heterocycles. The van der Waals surface area contributed by atoms with Crippen LogP contribution in [0.2, 0.25) is 0 Å². The van der Waals surface area contributed by atoms with Crippen LogP contribution in [0.3, 0.4) is 0 Å². The highest BCUT2D eigenvalue weighted by molar-refractivity contribution is 6.01. The van der Waals surface area contributed by atoms with E-state index in [-0.39, 0.29) is 6.03 Å². The highest BCUT2D eigenvalue weighted by atomic mass is 16.5. The molecule has 1 aliphatic rings. The first-order valence-electron chi connectivity index (χ1n) is 9.67. The first kappa shape index (κ1) is 19.7. The highest BCUT2D eigenvalue weighted by Crippen LogP contribution is 2.25. The lowest BCUT2D eigenvalue weighted by atomic mass is 10.1. The Hall–Kier alpha value is -3.03. The molecule has 1 aromatic carbocycles. The Labute approximate surface area is 165 Å². The van der Waals surface area contributed by atoms with Crippen molar-refractivity contribution in [2.24, 2.45) is 0 Å². The molecule has 0 atom stereocenters. The van der Waals surface area contributed by atoms with Gasteiger partial charge in [-0.3, -0.25) is 0 Å². The number of nitrogens with zero attached hydrogens (tertiary/aromatic N) is 4. The molecule has 0 bridgehead atoms. The van der Waals surface area contributed by atoms with Crippen LogP contribution in [0.5, 0.6) is 5.75 Å². The molecule has 0 unspecified atom stereocenters. The SMILES string of the molecule is CCOc1ccc(NC(=O)Nc2cnc(N3CCCCC3)nc2N(C)C)cc1. The summed E-state index contributed by atoms with van der Waals surface area (Å²) in [6.07, 6.45) is 5.24. The molecule has 28 heavy (non-hydrogen) atoms. The van der Waals surface area contributed by atoms with Crippen LogP contribution < -0.4 is 25.2 Å². The van der Waals surface area contributed by atoms with Gasteiger partial charge in [0.15, 0.2) is 5.82 Å². The Morgan fingerprint density at radius 1 is 1.14 bits per heavy atom. The maximum Gasteiger partial charge on any atom is 0.323 e.